The second-order valence-corrected chi connectivity index (χ2v) is 12.1. The van der Waals surface area contributed by atoms with Gasteiger partial charge in [0, 0.05) is 5.92 Å². The first kappa shape index (κ1) is 18.8. The van der Waals surface area contributed by atoms with E-state index in [4.69, 9.17) is 4.43 Å². The summed E-state index contributed by atoms with van der Waals surface area (Å²) in [5, 5.41) is 0.199. The minimum atomic E-state index is -1.79. The first-order chi connectivity index (χ1) is 8.59. The summed E-state index contributed by atoms with van der Waals surface area (Å²) < 4.78 is 6.46. The highest BCUT2D eigenvalue weighted by Gasteiger charge is 2.40. The standard InChI is InChI=1S/C16H34O2Si/c1-9-13(3)11-14(12-17)15(10-2)18-19(7,8)16(4,5)6/h12-15H,9-11H2,1-8H3/t13-,14-,15+/m0/s1. The van der Waals surface area contributed by atoms with Crippen molar-refractivity contribution in [1.82, 2.24) is 0 Å². The van der Waals surface area contributed by atoms with Crippen molar-refractivity contribution in [3.8, 4) is 0 Å². The average molecular weight is 287 g/mol. The van der Waals surface area contributed by atoms with Gasteiger partial charge in [0.25, 0.3) is 0 Å². The monoisotopic (exact) mass is 286 g/mol. The number of carbonyl (C=O) groups is 1. The first-order valence-electron chi connectivity index (χ1n) is 7.72. The summed E-state index contributed by atoms with van der Waals surface area (Å²) in [5.41, 5.74) is 0. The molecule has 0 rings (SSSR count). The third-order valence-corrected chi connectivity index (χ3v) is 9.18. The fraction of sp³-hybridized carbons (Fsp3) is 0.938. The molecule has 0 unspecified atom stereocenters. The topological polar surface area (TPSA) is 26.3 Å². The van der Waals surface area contributed by atoms with Crippen molar-refractivity contribution < 1.29 is 9.22 Å². The zero-order valence-corrected chi connectivity index (χ0v) is 15.2. The molecule has 0 fully saturated rings. The molecule has 0 saturated carbocycles. The van der Waals surface area contributed by atoms with Gasteiger partial charge < -0.3 is 9.22 Å². The molecule has 0 aromatic rings. The van der Waals surface area contributed by atoms with Gasteiger partial charge in [0.05, 0.1) is 6.10 Å². The van der Waals surface area contributed by atoms with Crippen LogP contribution in [0.1, 0.15) is 60.8 Å². The van der Waals surface area contributed by atoms with Crippen molar-refractivity contribution in [1.29, 1.82) is 0 Å². The molecule has 0 N–H and O–H groups in total. The van der Waals surface area contributed by atoms with Crippen molar-refractivity contribution >= 4 is 14.6 Å². The minimum absolute atomic E-state index is 0.0501. The van der Waals surface area contributed by atoms with Gasteiger partial charge in [-0.2, -0.15) is 0 Å². The van der Waals surface area contributed by atoms with E-state index in [2.05, 4.69) is 54.6 Å². The zero-order chi connectivity index (χ0) is 15.3. The molecular weight excluding hydrogens is 252 g/mol. The maximum atomic E-state index is 11.4. The maximum Gasteiger partial charge on any atom is 0.192 e. The second-order valence-electron chi connectivity index (χ2n) is 7.37. The van der Waals surface area contributed by atoms with E-state index in [1.54, 1.807) is 0 Å². The van der Waals surface area contributed by atoms with Gasteiger partial charge in [-0.1, -0.05) is 48.0 Å². The maximum absolute atomic E-state index is 11.4. The van der Waals surface area contributed by atoms with Gasteiger partial charge in [-0.3, -0.25) is 0 Å². The fourth-order valence-electron chi connectivity index (χ4n) is 1.95. The van der Waals surface area contributed by atoms with E-state index in [9.17, 15) is 4.79 Å². The summed E-state index contributed by atoms with van der Waals surface area (Å²) in [5.74, 6) is 0.640. The summed E-state index contributed by atoms with van der Waals surface area (Å²) in [4.78, 5) is 11.4. The average Bonchev–Trinajstić information content (AvgIpc) is 2.31. The molecule has 0 aromatic heterocycles. The summed E-state index contributed by atoms with van der Waals surface area (Å²) >= 11 is 0. The Labute approximate surface area is 121 Å². The van der Waals surface area contributed by atoms with Crippen LogP contribution < -0.4 is 0 Å². The van der Waals surface area contributed by atoms with E-state index in [0.717, 1.165) is 25.5 Å². The van der Waals surface area contributed by atoms with Gasteiger partial charge in [0.15, 0.2) is 8.32 Å². The number of hydrogen-bond donors (Lipinski definition) is 0. The third-order valence-electron chi connectivity index (χ3n) is 4.68. The van der Waals surface area contributed by atoms with Crippen molar-refractivity contribution in [2.75, 3.05) is 0 Å². The molecule has 0 aliphatic carbocycles. The Bertz CT molecular complexity index is 268. The molecule has 0 aromatic carbocycles. The predicted molar refractivity (Wildman–Crippen MR) is 86.0 cm³/mol. The molecule has 19 heavy (non-hydrogen) atoms. The van der Waals surface area contributed by atoms with E-state index in [-0.39, 0.29) is 17.1 Å². The van der Waals surface area contributed by atoms with Crippen LogP contribution in [0.3, 0.4) is 0 Å². The number of hydrogen-bond acceptors (Lipinski definition) is 2. The first-order valence-corrected chi connectivity index (χ1v) is 10.6. The van der Waals surface area contributed by atoms with Crippen molar-refractivity contribution in [3.63, 3.8) is 0 Å². The normalized spacial score (nSPS) is 17.9. The molecule has 0 spiro atoms. The molecule has 3 atom stereocenters. The molecule has 0 amide bonds. The molecule has 114 valence electrons. The summed E-state index contributed by atoms with van der Waals surface area (Å²) in [7, 11) is -1.79. The quantitative estimate of drug-likeness (QED) is 0.461. The molecule has 2 nitrogen and oxygen atoms in total. The Morgan fingerprint density at radius 3 is 2.00 bits per heavy atom. The van der Waals surface area contributed by atoms with Crippen LogP contribution in [0.2, 0.25) is 18.1 Å². The fourth-order valence-corrected chi connectivity index (χ4v) is 3.41. The summed E-state index contributed by atoms with van der Waals surface area (Å²) in [6.07, 6.45) is 4.21. The highest BCUT2D eigenvalue weighted by Crippen LogP contribution is 2.38. The Kier molecular flexibility index (Phi) is 7.52. The van der Waals surface area contributed by atoms with E-state index < -0.39 is 8.32 Å². The highest BCUT2D eigenvalue weighted by molar-refractivity contribution is 6.74. The summed E-state index contributed by atoms with van der Waals surface area (Å²) in [6.45, 7) is 17.8. The van der Waals surface area contributed by atoms with E-state index in [0.29, 0.717) is 5.92 Å². The number of carbonyl (C=O) groups excluding carboxylic acids is 1. The molecule has 0 bridgehead atoms. The van der Waals surface area contributed by atoms with Crippen LogP contribution in [0.15, 0.2) is 0 Å². The Hall–Kier alpha value is -0.153. The van der Waals surface area contributed by atoms with Crippen molar-refractivity contribution in [2.24, 2.45) is 11.8 Å². The molecule has 3 heteroatoms. The van der Waals surface area contributed by atoms with Crippen molar-refractivity contribution in [2.45, 2.75) is 85.0 Å². The Morgan fingerprint density at radius 2 is 1.68 bits per heavy atom. The number of aldehydes is 1. The van der Waals surface area contributed by atoms with Crippen LogP contribution in [0, 0.1) is 11.8 Å². The molecule has 0 radical (unpaired) electrons. The van der Waals surface area contributed by atoms with Crippen molar-refractivity contribution in [3.05, 3.63) is 0 Å². The number of rotatable bonds is 8. The SMILES string of the molecule is CC[C@H](C)C[C@@H](C=O)[C@@H](CC)O[Si](C)(C)C(C)(C)C. The smallest absolute Gasteiger partial charge is 0.192 e. The minimum Gasteiger partial charge on any atom is -0.413 e. The van der Waals surface area contributed by atoms with E-state index in [1.165, 1.54) is 0 Å². The zero-order valence-electron chi connectivity index (χ0n) is 14.2. The highest BCUT2D eigenvalue weighted by atomic mass is 28.4. The predicted octanol–water partition coefficient (Wildman–Crippen LogP) is 5.04. The molecule has 0 saturated heterocycles. The van der Waals surface area contributed by atoms with Gasteiger partial charge in [0.1, 0.15) is 6.29 Å². The van der Waals surface area contributed by atoms with Gasteiger partial charge in [-0.05, 0) is 36.9 Å². The third kappa shape index (κ3) is 5.78. The van der Waals surface area contributed by atoms with Gasteiger partial charge in [-0.25, -0.2) is 0 Å². The van der Waals surface area contributed by atoms with Crippen LogP contribution in [0.25, 0.3) is 0 Å². The Morgan fingerprint density at radius 1 is 1.16 bits per heavy atom. The summed E-state index contributed by atoms with van der Waals surface area (Å²) in [6, 6.07) is 0. The lowest BCUT2D eigenvalue weighted by Gasteiger charge is -2.40. The van der Waals surface area contributed by atoms with Crippen LogP contribution >= 0.6 is 0 Å². The Balaban J connectivity index is 4.84. The van der Waals surface area contributed by atoms with E-state index >= 15 is 0 Å². The molecular formula is C16H34O2Si. The second kappa shape index (κ2) is 7.58. The largest absolute Gasteiger partial charge is 0.413 e. The van der Waals surface area contributed by atoms with Crippen LogP contribution in [-0.2, 0) is 9.22 Å². The van der Waals surface area contributed by atoms with Crippen LogP contribution in [0.4, 0.5) is 0 Å². The van der Waals surface area contributed by atoms with Crippen LogP contribution in [-0.4, -0.2) is 20.7 Å². The lowest BCUT2D eigenvalue weighted by molar-refractivity contribution is -0.114. The van der Waals surface area contributed by atoms with Gasteiger partial charge >= 0.3 is 0 Å². The van der Waals surface area contributed by atoms with Gasteiger partial charge in [0.2, 0.25) is 0 Å². The molecule has 0 heterocycles. The molecule has 0 aliphatic rings. The lowest BCUT2D eigenvalue weighted by atomic mass is 9.90. The van der Waals surface area contributed by atoms with E-state index in [1.807, 2.05) is 0 Å². The lowest BCUT2D eigenvalue weighted by Crippen LogP contribution is -2.46. The van der Waals surface area contributed by atoms with Gasteiger partial charge in [-0.15, -0.1) is 0 Å². The van der Waals surface area contributed by atoms with Crippen LogP contribution in [0.5, 0.6) is 0 Å². The molecule has 0 aliphatic heterocycles.